The molecule has 6 heteroatoms. The summed E-state index contributed by atoms with van der Waals surface area (Å²) in [5, 5.41) is 0. The van der Waals surface area contributed by atoms with Gasteiger partial charge in [-0.25, -0.2) is 4.90 Å². The molecule has 2 amide bonds. The lowest BCUT2D eigenvalue weighted by atomic mass is 9.85. The summed E-state index contributed by atoms with van der Waals surface area (Å²) >= 11 is 0. The van der Waals surface area contributed by atoms with Gasteiger partial charge in [0.25, 0.3) is 11.8 Å². The monoisotopic (exact) mass is 369 g/mol. The Hall–Kier alpha value is -3.02. The zero-order valence-electron chi connectivity index (χ0n) is 16.4. The Morgan fingerprint density at radius 3 is 1.81 bits per heavy atom. The van der Waals surface area contributed by atoms with Crippen LogP contribution in [0.1, 0.15) is 47.1 Å². The van der Waals surface area contributed by atoms with Crippen LogP contribution in [0.4, 0.5) is 5.69 Å². The van der Waals surface area contributed by atoms with Gasteiger partial charge >= 0.3 is 0 Å². The van der Waals surface area contributed by atoms with E-state index in [0.29, 0.717) is 34.1 Å². The summed E-state index contributed by atoms with van der Waals surface area (Å²) in [6.07, 6.45) is 0. The van der Waals surface area contributed by atoms with E-state index in [1.165, 1.54) is 21.3 Å². The Kier molecular flexibility index (Phi) is 4.59. The molecule has 1 aliphatic rings. The highest BCUT2D eigenvalue weighted by molar-refractivity contribution is 6.34. The van der Waals surface area contributed by atoms with Crippen LogP contribution in [-0.4, -0.2) is 33.1 Å². The topological polar surface area (TPSA) is 65.1 Å². The zero-order valence-corrected chi connectivity index (χ0v) is 16.4. The Morgan fingerprint density at radius 2 is 1.33 bits per heavy atom. The van der Waals surface area contributed by atoms with E-state index < -0.39 is 0 Å². The molecule has 0 aliphatic carbocycles. The molecule has 2 aromatic carbocycles. The summed E-state index contributed by atoms with van der Waals surface area (Å²) in [7, 11) is 4.47. The van der Waals surface area contributed by atoms with E-state index in [4.69, 9.17) is 14.2 Å². The fourth-order valence-corrected chi connectivity index (χ4v) is 3.14. The van der Waals surface area contributed by atoms with Gasteiger partial charge in [0, 0.05) is 12.1 Å². The van der Waals surface area contributed by atoms with E-state index in [9.17, 15) is 9.59 Å². The number of anilines is 1. The molecule has 0 unspecified atom stereocenters. The maximum Gasteiger partial charge on any atom is 0.266 e. The molecule has 0 saturated heterocycles. The van der Waals surface area contributed by atoms with Gasteiger partial charge in [-0.3, -0.25) is 9.59 Å². The normalized spacial score (nSPS) is 13.6. The Balaban J connectivity index is 2.11. The standard InChI is InChI=1S/C21H23NO5/c1-21(2,3)12-7-8-14-15(9-12)20(24)22(19(14)23)13-10-16(25-4)18(27-6)17(11-13)26-5/h7-11H,1-6H3. The first-order valence-electron chi connectivity index (χ1n) is 8.56. The lowest BCUT2D eigenvalue weighted by Crippen LogP contribution is -2.29. The van der Waals surface area contributed by atoms with Crippen LogP contribution >= 0.6 is 0 Å². The maximum absolute atomic E-state index is 13.0. The number of nitrogens with zero attached hydrogens (tertiary/aromatic N) is 1. The number of hydrogen-bond acceptors (Lipinski definition) is 5. The van der Waals surface area contributed by atoms with Gasteiger partial charge < -0.3 is 14.2 Å². The number of hydrogen-bond donors (Lipinski definition) is 0. The van der Waals surface area contributed by atoms with Gasteiger partial charge in [-0.2, -0.15) is 0 Å². The quantitative estimate of drug-likeness (QED) is 0.767. The van der Waals surface area contributed by atoms with Crippen LogP contribution in [0, 0.1) is 0 Å². The summed E-state index contributed by atoms with van der Waals surface area (Å²) in [6.45, 7) is 6.19. The smallest absolute Gasteiger partial charge is 0.266 e. The van der Waals surface area contributed by atoms with Gasteiger partial charge in [0.15, 0.2) is 11.5 Å². The number of amides is 2. The van der Waals surface area contributed by atoms with Crippen LogP contribution in [-0.2, 0) is 5.41 Å². The molecule has 2 aromatic rings. The van der Waals surface area contributed by atoms with Crippen LogP contribution in [0.25, 0.3) is 0 Å². The van der Waals surface area contributed by atoms with E-state index in [-0.39, 0.29) is 17.2 Å². The van der Waals surface area contributed by atoms with Crippen LogP contribution in [0.2, 0.25) is 0 Å². The molecule has 0 spiro atoms. The minimum atomic E-state index is -0.371. The van der Waals surface area contributed by atoms with Crippen molar-refractivity contribution < 1.29 is 23.8 Å². The van der Waals surface area contributed by atoms with Gasteiger partial charge in [-0.05, 0) is 23.1 Å². The van der Waals surface area contributed by atoms with Crippen molar-refractivity contribution in [2.24, 2.45) is 0 Å². The van der Waals surface area contributed by atoms with Crippen molar-refractivity contribution in [1.82, 2.24) is 0 Å². The van der Waals surface area contributed by atoms with Crippen molar-refractivity contribution in [3.05, 3.63) is 47.0 Å². The molecule has 0 saturated carbocycles. The third-order valence-corrected chi connectivity index (χ3v) is 4.66. The molecule has 0 N–H and O–H groups in total. The molecule has 0 bridgehead atoms. The lowest BCUT2D eigenvalue weighted by molar-refractivity contribution is 0.0926. The second-order valence-corrected chi connectivity index (χ2v) is 7.34. The molecule has 0 atom stereocenters. The van der Waals surface area contributed by atoms with Gasteiger partial charge in [0.05, 0.1) is 38.1 Å². The van der Waals surface area contributed by atoms with E-state index in [1.54, 1.807) is 24.3 Å². The molecule has 0 aromatic heterocycles. The first-order valence-corrected chi connectivity index (χ1v) is 8.56. The van der Waals surface area contributed by atoms with Crippen molar-refractivity contribution in [3.8, 4) is 17.2 Å². The van der Waals surface area contributed by atoms with Gasteiger partial charge in [-0.1, -0.05) is 26.8 Å². The lowest BCUT2D eigenvalue weighted by Gasteiger charge is -2.19. The Morgan fingerprint density at radius 1 is 0.778 bits per heavy atom. The molecule has 142 valence electrons. The molecule has 1 heterocycles. The minimum absolute atomic E-state index is 0.127. The first-order chi connectivity index (χ1) is 12.7. The molecule has 3 rings (SSSR count). The molecule has 0 radical (unpaired) electrons. The van der Waals surface area contributed by atoms with Gasteiger partial charge in [-0.15, -0.1) is 0 Å². The largest absolute Gasteiger partial charge is 0.493 e. The Bertz CT molecular complexity index is 902. The number of carbonyl (C=O) groups excluding carboxylic acids is 2. The highest BCUT2D eigenvalue weighted by Crippen LogP contribution is 2.42. The predicted octanol–water partition coefficient (Wildman–Crippen LogP) is 3.81. The Labute approximate surface area is 158 Å². The highest BCUT2D eigenvalue weighted by Gasteiger charge is 2.38. The van der Waals surface area contributed by atoms with Crippen molar-refractivity contribution >= 4 is 17.5 Å². The molecule has 0 fully saturated rings. The molecular weight excluding hydrogens is 346 g/mol. The fourth-order valence-electron chi connectivity index (χ4n) is 3.14. The van der Waals surface area contributed by atoms with Crippen molar-refractivity contribution in [2.45, 2.75) is 26.2 Å². The summed E-state index contributed by atoms with van der Waals surface area (Å²) in [5.41, 5.74) is 2.03. The summed E-state index contributed by atoms with van der Waals surface area (Å²) in [6, 6.07) is 8.59. The van der Waals surface area contributed by atoms with Crippen LogP contribution in [0.15, 0.2) is 30.3 Å². The molecule has 27 heavy (non-hydrogen) atoms. The first kappa shape index (κ1) is 18.8. The van der Waals surface area contributed by atoms with E-state index in [1.807, 2.05) is 6.07 Å². The van der Waals surface area contributed by atoms with Crippen molar-refractivity contribution in [2.75, 3.05) is 26.2 Å². The van der Waals surface area contributed by atoms with Crippen LogP contribution in [0.3, 0.4) is 0 Å². The maximum atomic E-state index is 13.0. The number of ether oxygens (including phenoxy) is 3. The van der Waals surface area contributed by atoms with E-state index >= 15 is 0 Å². The average molecular weight is 369 g/mol. The summed E-state index contributed by atoms with van der Waals surface area (Å²) in [5.74, 6) is 0.410. The fraction of sp³-hybridized carbons (Fsp3) is 0.333. The van der Waals surface area contributed by atoms with Crippen LogP contribution < -0.4 is 19.1 Å². The molecule has 1 aliphatic heterocycles. The average Bonchev–Trinajstić information content (AvgIpc) is 2.90. The van der Waals surface area contributed by atoms with E-state index in [0.717, 1.165) is 10.5 Å². The van der Waals surface area contributed by atoms with Gasteiger partial charge in [0.2, 0.25) is 5.75 Å². The highest BCUT2D eigenvalue weighted by atomic mass is 16.5. The van der Waals surface area contributed by atoms with Crippen LogP contribution in [0.5, 0.6) is 17.2 Å². The number of benzene rings is 2. The third kappa shape index (κ3) is 3.01. The summed E-state index contributed by atoms with van der Waals surface area (Å²) < 4.78 is 16.0. The van der Waals surface area contributed by atoms with Crippen molar-refractivity contribution in [3.63, 3.8) is 0 Å². The third-order valence-electron chi connectivity index (χ3n) is 4.66. The SMILES string of the molecule is COc1cc(N2C(=O)c3ccc(C(C)(C)C)cc3C2=O)cc(OC)c1OC. The second kappa shape index (κ2) is 6.61. The van der Waals surface area contributed by atoms with E-state index in [2.05, 4.69) is 20.8 Å². The number of carbonyl (C=O) groups is 2. The number of imide groups is 1. The number of rotatable bonds is 4. The number of methoxy groups -OCH3 is 3. The zero-order chi connectivity index (χ0) is 19.9. The second-order valence-electron chi connectivity index (χ2n) is 7.34. The number of fused-ring (bicyclic) bond motifs is 1. The van der Waals surface area contributed by atoms with Gasteiger partial charge in [0.1, 0.15) is 0 Å². The van der Waals surface area contributed by atoms with Crippen molar-refractivity contribution in [1.29, 1.82) is 0 Å². The minimum Gasteiger partial charge on any atom is -0.493 e. The summed E-state index contributed by atoms with van der Waals surface area (Å²) in [4.78, 5) is 27.1. The molecule has 6 nitrogen and oxygen atoms in total. The predicted molar refractivity (Wildman–Crippen MR) is 102 cm³/mol. The molecular formula is C21H23NO5.